The molecule has 0 unspecified atom stereocenters. The van der Waals surface area contributed by atoms with E-state index < -0.39 is 0 Å². The van der Waals surface area contributed by atoms with Gasteiger partial charge in [-0.3, -0.25) is 0 Å². The summed E-state index contributed by atoms with van der Waals surface area (Å²) >= 11 is 0. The van der Waals surface area contributed by atoms with Gasteiger partial charge in [0.1, 0.15) is 0 Å². The average molecular weight is 188 g/mol. The first-order valence-corrected chi connectivity index (χ1v) is 4.61. The highest BCUT2D eigenvalue weighted by atomic mass is 15.5. The second-order valence-corrected chi connectivity index (χ2v) is 2.90. The molecule has 72 valence electrons. The van der Waals surface area contributed by atoms with E-state index in [-0.39, 0.29) is 0 Å². The lowest BCUT2D eigenvalue weighted by Crippen LogP contribution is -1.99. The number of hydrogen-bond donors (Lipinski definition) is 1. The Hall–Kier alpha value is -1.84. The Kier molecular flexibility index (Phi) is 2.44. The van der Waals surface area contributed by atoms with Gasteiger partial charge in [0.25, 0.3) is 0 Å². The molecule has 0 radical (unpaired) electrons. The van der Waals surface area contributed by atoms with Crippen LogP contribution in [0.5, 0.6) is 0 Å². The first-order valence-electron chi connectivity index (χ1n) is 4.61. The summed E-state index contributed by atoms with van der Waals surface area (Å²) in [7, 11) is 0. The second-order valence-electron chi connectivity index (χ2n) is 2.90. The van der Waals surface area contributed by atoms with Gasteiger partial charge in [0.05, 0.1) is 18.1 Å². The molecule has 1 heterocycles. The van der Waals surface area contributed by atoms with Gasteiger partial charge in [-0.25, -0.2) is 0 Å². The molecule has 1 aromatic heterocycles. The Labute approximate surface area is 82.6 Å². The monoisotopic (exact) mass is 188 g/mol. The molecule has 0 atom stereocenters. The SMILES string of the molecule is CCNc1ccc(-n2nccn2)cc1. The Morgan fingerprint density at radius 1 is 1.14 bits per heavy atom. The van der Waals surface area contributed by atoms with E-state index >= 15 is 0 Å². The van der Waals surface area contributed by atoms with E-state index in [4.69, 9.17) is 0 Å². The molecular weight excluding hydrogens is 176 g/mol. The molecule has 0 saturated carbocycles. The van der Waals surface area contributed by atoms with Gasteiger partial charge >= 0.3 is 0 Å². The first-order chi connectivity index (χ1) is 6.90. The molecule has 0 aliphatic carbocycles. The molecule has 1 N–H and O–H groups in total. The molecule has 2 rings (SSSR count). The highest BCUT2D eigenvalue weighted by Gasteiger charge is 1.96. The topological polar surface area (TPSA) is 42.7 Å². The zero-order valence-electron chi connectivity index (χ0n) is 8.01. The molecule has 0 aliphatic heterocycles. The number of benzene rings is 1. The highest BCUT2D eigenvalue weighted by Crippen LogP contribution is 2.10. The van der Waals surface area contributed by atoms with Crippen molar-refractivity contribution in [3.8, 4) is 5.69 Å². The Balaban J connectivity index is 2.22. The van der Waals surface area contributed by atoms with Crippen LogP contribution in [0.15, 0.2) is 36.7 Å². The van der Waals surface area contributed by atoms with Gasteiger partial charge in [-0.15, -0.1) is 0 Å². The van der Waals surface area contributed by atoms with Crippen LogP contribution in [-0.4, -0.2) is 21.5 Å². The van der Waals surface area contributed by atoms with Crippen LogP contribution in [0.25, 0.3) is 5.69 Å². The minimum atomic E-state index is 0.930. The lowest BCUT2D eigenvalue weighted by molar-refractivity contribution is 0.752. The zero-order valence-corrected chi connectivity index (χ0v) is 8.01. The summed E-state index contributed by atoms with van der Waals surface area (Å²) in [6.07, 6.45) is 3.33. The number of rotatable bonds is 3. The van der Waals surface area contributed by atoms with Crippen LogP contribution >= 0.6 is 0 Å². The van der Waals surface area contributed by atoms with Gasteiger partial charge in [0.2, 0.25) is 0 Å². The molecule has 4 nitrogen and oxygen atoms in total. The van der Waals surface area contributed by atoms with Crippen molar-refractivity contribution in [3.05, 3.63) is 36.7 Å². The van der Waals surface area contributed by atoms with Crippen LogP contribution < -0.4 is 5.32 Å². The summed E-state index contributed by atoms with van der Waals surface area (Å²) in [5.41, 5.74) is 2.08. The van der Waals surface area contributed by atoms with Crippen LogP contribution in [0.4, 0.5) is 5.69 Å². The van der Waals surface area contributed by atoms with Crippen molar-refractivity contribution in [2.45, 2.75) is 6.92 Å². The maximum atomic E-state index is 4.05. The third-order valence-corrected chi connectivity index (χ3v) is 1.90. The largest absolute Gasteiger partial charge is 0.385 e. The average Bonchev–Trinajstić information content (AvgIpc) is 2.72. The normalized spacial score (nSPS) is 10.1. The smallest absolute Gasteiger partial charge is 0.0858 e. The van der Waals surface area contributed by atoms with Gasteiger partial charge in [-0.05, 0) is 31.2 Å². The van der Waals surface area contributed by atoms with Crippen molar-refractivity contribution in [3.63, 3.8) is 0 Å². The van der Waals surface area contributed by atoms with Crippen LogP contribution in [0.3, 0.4) is 0 Å². The maximum Gasteiger partial charge on any atom is 0.0858 e. The minimum absolute atomic E-state index is 0.930. The van der Waals surface area contributed by atoms with Crippen LogP contribution in [-0.2, 0) is 0 Å². The van der Waals surface area contributed by atoms with Crippen molar-refractivity contribution in [2.75, 3.05) is 11.9 Å². The third kappa shape index (κ3) is 1.74. The van der Waals surface area contributed by atoms with Gasteiger partial charge in [0, 0.05) is 12.2 Å². The maximum absolute atomic E-state index is 4.05. The molecular formula is C10H12N4. The molecule has 14 heavy (non-hydrogen) atoms. The van der Waals surface area contributed by atoms with Crippen molar-refractivity contribution >= 4 is 5.69 Å². The highest BCUT2D eigenvalue weighted by molar-refractivity contribution is 5.47. The molecule has 0 fully saturated rings. The van der Waals surface area contributed by atoms with Gasteiger partial charge in [-0.2, -0.15) is 15.0 Å². The van der Waals surface area contributed by atoms with Gasteiger partial charge < -0.3 is 5.32 Å². The molecule has 0 amide bonds. The van der Waals surface area contributed by atoms with Crippen molar-refractivity contribution in [1.82, 2.24) is 15.0 Å². The van der Waals surface area contributed by atoms with E-state index in [0.717, 1.165) is 17.9 Å². The molecule has 0 aliphatic rings. The van der Waals surface area contributed by atoms with Gasteiger partial charge in [-0.1, -0.05) is 0 Å². The predicted octanol–water partition coefficient (Wildman–Crippen LogP) is 1.70. The van der Waals surface area contributed by atoms with Crippen molar-refractivity contribution < 1.29 is 0 Å². The van der Waals surface area contributed by atoms with Gasteiger partial charge in [0.15, 0.2) is 0 Å². The summed E-state index contributed by atoms with van der Waals surface area (Å²) < 4.78 is 0. The lowest BCUT2D eigenvalue weighted by atomic mass is 10.3. The van der Waals surface area contributed by atoms with Crippen LogP contribution in [0.2, 0.25) is 0 Å². The van der Waals surface area contributed by atoms with Crippen molar-refractivity contribution in [2.24, 2.45) is 0 Å². The summed E-state index contributed by atoms with van der Waals surface area (Å²) in [4.78, 5) is 1.59. The molecule has 0 saturated heterocycles. The van der Waals surface area contributed by atoms with E-state index in [1.54, 1.807) is 17.2 Å². The fourth-order valence-corrected chi connectivity index (χ4v) is 1.27. The Morgan fingerprint density at radius 2 is 1.79 bits per heavy atom. The van der Waals surface area contributed by atoms with Crippen LogP contribution in [0.1, 0.15) is 6.92 Å². The standard InChI is InChI=1S/C10H12N4/c1-2-11-9-3-5-10(6-4-9)14-12-7-8-13-14/h3-8,11H,2H2,1H3. The van der Waals surface area contributed by atoms with E-state index in [2.05, 4.69) is 22.4 Å². The summed E-state index contributed by atoms with van der Waals surface area (Å²) in [6.45, 7) is 3.00. The number of aromatic nitrogens is 3. The molecule has 2 aromatic rings. The molecule has 4 heteroatoms. The Bertz CT molecular complexity index is 377. The summed E-state index contributed by atoms with van der Waals surface area (Å²) in [6, 6.07) is 8.00. The molecule has 1 aromatic carbocycles. The number of hydrogen-bond acceptors (Lipinski definition) is 3. The van der Waals surface area contributed by atoms with Crippen LogP contribution in [0, 0.1) is 0 Å². The zero-order chi connectivity index (χ0) is 9.80. The van der Waals surface area contributed by atoms with E-state index in [0.29, 0.717) is 0 Å². The number of nitrogens with one attached hydrogen (secondary N) is 1. The number of nitrogens with zero attached hydrogens (tertiary/aromatic N) is 3. The van der Waals surface area contributed by atoms with E-state index in [1.807, 2.05) is 24.3 Å². The fourth-order valence-electron chi connectivity index (χ4n) is 1.27. The predicted molar refractivity (Wildman–Crippen MR) is 55.5 cm³/mol. The molecule has 0 bridgehead atoms. The fraction of sp³-hybridized carbons (Fsp3) is 0.200. The molecule has 0 spiro atoms. The lowest BCUT2D eigenvalue weighted by Gasteiger charge is -2.03. The minimum Gasteiger partial charge on any atom is -0.385 e. The third-order valence-electron chi connectivity index (χ3n) is 1.90. The van der Waals surface area contributed by atoms with E-state index in [1.165, 1.54) is 0 Å². The summed E-state index contributed by atoms with van der Waals surface area (Å²) in [5, 5.41) is 11.3. The van der Waals surface area contributed by atoms with E-state index in [9.17, 15) is 0 Å². The summed E-state index contributed by atoms with van der Waals surface area (Å²) in [5.74, 6) is 0. The number of anilines is 1. The van der Waals surface area contributed by atoms with Crippen molar-refractivity contribution in [1.29, 1.82) is 0 Å². The Morgan fingerprint density at radius 3 is 2.36 bits per heavy atom. The second kappa shape index (κ2) is 3.91. The quantitative estimate of drug-likeness (QED) is 0.797. The first kappa shape index (κ1) is 8.74.